The molecule has 0 aliphatic rings. The first-order valence-electron chi connectivity index (χ1n) is 6.05. The number of phenolic OH excluding ortho intramolecular Hbond substituents is 1. The molecule has 0 radical (unpaired) electrons. The molecule has 0 atom stereocenters. The van der Waals surface area contributed by atoms with Crippen LogP contribution in [-0.4, -0.2) is 17.1 Å². The molecule has 7 heteroatoms. The van der Waals surface area contributed by atoms with E-state index in [2.05, 4.69) is 21.2 Å². The quantitative estimate of drug-likeness (QED) is 0.633. The van der Waals surface area contributed by atoms with E-state index >= 15 is 0 Å². The average Bonchev–Trinajstić information content (AvgIpc) is 2.47. The van der Waals surface area contributed by atoms with Crippen LogP contribution in [0.3, 0.4) is 0 Å². The molecule has 0 saturated heterocycles. The van der Waals surface area contributed by atoms with Crippen molar-refractivity contribution in [2.45, 2.75) is 6.54 Å². The van der Waals surface area contributed by atoms with Crippen molar-refractivity contribution in [3.63, 3.8) is 0 Å². The Labute approximate surface area is 129 Å². The van der Waals surface area contributed by atoms with Crippen LogP contribution < -0.4 is 10.1 Å². The van der Waals surface area contributed by atoms with Gasteiger partial charge in [0.15, 0.2) is 0 Å². The van der Waals surface area contributed by atoms with Gasteiger partial charge in [-0.15, -0.1) is 0 Å². The molecule has 2 aromatic rings. The molecule has 0 saturated carbocycles. The molecule has 0 aliphatic heterocycles. The fourth-order valence-corrected chi connectivity index (χ4v) is 2.18. The van der Waals surface area contributed by atoms with Crippen LogP contribution >= 0.6 is 15.9 Å². The highest BCUT2D eigenvalue weighted by Crippen LogP contribution is 2.29. The highest BCUT2D eigenvalue weighted by atomic mass is 79.9. The third-order valence-electron chi connectivity index (χ3n) is 2.91. The molecule has 6 nitrogen and oxygen atoms in total. The highest BCUT2D eigenvalue weighted by Gasteiger charge is 2.12. The van der Waals surface area contributed by atoms with Gasteiger partial charge in [0.1, 0.15) is 11.5 Å². The normalized spacial score (nSPS) is 10.2. The Hall–Kier alpha value is -2.28. The van der Waals surface area contributed by atoms with Crippen LogP contribution in [0.15, 0.2) is 40.9 Å². The number of nitrogens with zero attached hydrogens (tertiary/aromatic N) is 1. The van der Waals surface area contributed by atoms with Crippen molar-refractivity contribution in [3.05, 3.63) is 56.5 Å². The lowest BCUT2D eigenvalue weighted by atomic mass is 10.2. The topological polar surface area (TPSA) is 84.6 Å². The van der Waals surface area contributed by atoms with Gasteiger partial charge in [0.05, 0.1) is 16.5 Å². The van der Waals surface area contributed by atoms with Crippen LogP contribution in [0.25, 0.3) is 0 Å². The summed E-state index contributed by atoms with van der Waals surface area (Å²) in [6.07, 6.45) is 0. The molecule has 2 N–H and O–H groups in total. The van der Waals surface area contributed by atoms with Crippen molar-refractivity contribution < 1.29 is 14.8 Å². The smallest absolute Gasteiger partial charge is 0.285 e. The summed E-state index contributed by atoms with van der Waals surface area (Å²) in [6, 6.07) is 9.65. The summed E-state index contributed by atoms with van der Waals surface area (Å²) >= 11 is 3.13. The zero-order chi connectivity index (χ0) is 15.4. The van der Waals surface area contributed by atoms with Gasteiger partial charge in [0, 0.05) is 23.9 Å². The lowest BCUT2D eigenvalue weighted by Gasteiger charge is -2.10. The second-order valence-electron chi connectivity index (χ2n) is 4.27. The van der Waals surface area contributed by atoms with E-state index in [0.29, 0.717) is 28.0 Å². The fourth-order valence-electron chi connectivity index (χ4n) is 1.79. The number of halogens is 1. The number of nitrogens with one attached hydrogen (secondary N) is 1. The van der Waals surface area contributed by atoms with Crippen molar-refractivity contribution in [1.29, 1.82) is 0 Å². The Bertz CT molecular complexity index is 676. The lowest BCUT2D eigenvalue weighted by molar-refractivity contribution is -0.385. The van der Waals surface area contributed by atoms with E-state index in [1.807, 2.05) is 0 Å². The van der Waals surface area contributed by atoms with Gasteiger partial charge in [-0.25, -0.2) is 0 Å². The van der Waals surface area contributed by atoms with E-state index in [1.165, 1.54) is 6.07 Å². The Kier molecular flexibility index (Phi) is 4.64. The van der Waals surface area contributed by atoms with Crippen molar-refractivity contribution in [2.24, 2.45) is 0 Å². The average molecular weight is 353 g/mol. The van der Waals surface area contributed by atoms with Crippen LogP contribution in [0.2, 0.25) is 0 Å². The first kappa shape index (κ1) is 15.1. The first-order valence-corrected chi connectivity index (χ1v) is 6.84. The molecule has 0 bridgehead atoms. The van der Waals surface area contributed by atoms with Crippen LogP contribution in [0.4, 0.5) is 11.4 Å². The second kappa shape index (κ2) is 6.45. The number of methoxy groups -OCH3 is 1. The summed E-state index contributed by atoms with van der Waals surface area (Å²) in [5.41, 5.74) is 1.21. The van der Waals surface area contributed by atoms with E-state index in [0.717, 1.165) is 0 Å². The monoisotopic (exact) mass is 352 g/mol. The van der Waals surface area contributed by atoms with Gasteiger partial charge in [0.25, 0.3) is 5.69 Å². The van der Waals surface area contributed by atoms with Gasteiger partial charge < -0.3 is 15.2 Å². The van der Waals surface area contributed by atoms with Crippen molar-refractivity contribution in [3.8, 4) is 11.5 Å². The molecule has 2 rings (SSSR count). The number of anilines is 1. The summed E-state index contributed by atoms with van der Waals surface area (Å²) in [4.78, 5) is 10.4. The van der Waals surface area contributed by atoms with Crippen LogP contribution in [0, 0.1) is 10.1 Å². The largest absolute Gasteiger partial charge is 0.508 e. The van der Waals surface area contributed by atoms with Gasteiger partial charge in [-0.3, -0.25) is 10.1 Å². The molecule has 0 unspecified atom stereocenters. The molecule has 21 heavy (non-hydrogen) atoms. The number of ether oxygens (including phenoxy) is 1. The summed E-state index contributed by atoms with van der Waals surface area (Å²) in [6.45, 7) is 0.321. The van der Waals surface area contributed by atoms with E-state index in [-0.39, 0.29) is 11.4 Å². The minimum atomic E-state index is -0.460. The van der Waals surface area contributed by atoms with Crippen LogP contribution in [0.1, 0.15) is 5.56 Å². The molecule has 2 aromatic carbocycles. The number of hydrogen-bond acceptors (Lipinski definition) is 5. The SMILES string of the molecule is COc1ccc(O)c(CNc2ccc(Br)c([N+](=O)[O-])c2)c1. The van der Waals surface area contributed by atoms with Gasteiger partial charge >= 0.3 is 0 Å². The minimum Gasteiger partial charge on any atom is -0.508 e. The number of hydrogen-bond donors (Lipinski definition) is 2. The minimum absolute atomic E-state index is 0.0186. The van der Waals surface area contributed by atoms with Crippen molar-refractivity contribution >= 4 is 27.3 Å². The highest BCUT2D eigenvalue weighted by molar-refractivity contribution is 9.10. The van der Waals surface area contributed by atoms with Gasteiger partial charge in [0.2, 0.25) is 0 Å². The predicted molar refractivity (Wildman–Crippen MR) is 82.8 cm³/mol. The summed E-state index contributed by atoms with van der Waals surface area (Å²) in [7, 11) is 1.54. The third kappa shape index (κ3) is 3.63. The maximum absolute atomic E-state index is 10.9. The fraction of sp³-hybridized carbons (Fsp3) is 0.143. The number of rotatable bonds is 5. The van der Waals surface area contributed by atoms with E-state index in [1.54, 1.807) is 37.4 Å². The lowest BCUT2D eigenvalue weighted by Crippen LogP contribution is -2.01. The molecule has 0 amide bonds. The number of phenols is 1. The van der Waals surface area contributed by atoms with Gasteiger partial charge in [-0.05, 0) is 46.3 Å². The number of nitro groups is 1. The Morgan fingerprint density at radius 1 is 1.33 bits per heavy atom. The summed E-state index contributed by atoms with van der Waals surface area (Å²) in [5, 5.41) is 23.7. The standard InChI is InChI=1S/C14H13BrN2O4/c1-21-11-3-5-14(18)9(6-11)8-16-10-2-4-12(15)13(7-10)17(19)20/h2-7,16,18H,8H2,1H3. The molecule has 110 valence electrons. The zero-order valence-corrected chi connectivity index (χ0v) is 12.8. The summed E-state index contributed by atoms with van der Waals surface area (Å²) in [5.74, 6) is 0.765. The Morgan fingerprint density at radius 3 is 2.76 bits per heavy atom. The predicted octanol–water partition coefficient (Wildman–Crippen LogP) is 3.68. The van der Waals surface area contributed by atoms with Crippen molar-refractivity contribution in [1.82, 2.24) is 0 Å². The molecular weight excluding hydrogens is 340 g/mol. The van der Waals surface area contributed by atoms with E-state index < -0.39 is 4.92 Å². The van der Waals surface area contributed by atoms with Crippen LogP contribution in [0.5, 0.6) is 11.5 Å². The number of aromatic hydroxyl groups is 1. The second-order valence-corrected chi connectivity index (χ2v) is 5.13. The van der Waals surface area contributed by atoms with E-state index in [4.69, 9.17) is 4.74 Å². The summed E-state index contributed by atoms with van der Waals surface area (Å²) < 4.78 is 5.51. The van der Waals surface area contributed by atoms with Gasteiger partial charge in [-0.1, -0.05) is 0 Å². The van der Waals surface area contributed by atoms with Gasteiger partial charge in [-0.2, -0.15) is 0 Å². The zero-order valence-electron chi connectivity index (χ0n) is 11.2. The molecule has 0 aromatic heterocycles. The molecule has 0 fully saturated rings. The van der Waals surface area contributed by atoms with E-state index in [9.17, 15) is 15.2 Å². The number of nitro benzene ring substituents is 1. The third-order valence-corrected chi connectivity index (χ3v) is 3.58. The maximum Gasteiger partial charge on any atom is 0.285 e. The molecule has 0 aliphatic carbocycles. The molecule has 0 spiro atoms. The Balaban J connectivity index is 2.16. The first-order chi connectivity index (χ1) is 10.0. The maximum atomic E-state index is 10.9. The van der Waals surface area contributed by atoms with Crippen molar-refractivity contribution in [2.75, 3.05) is 12.4 Å². The molecule has 0 heterocycles. The number of benzene rings is 2. The van der Waals surface area contributed by atoms with Crippen LogP contribution in [-0.2, 0) is 6.54 Å². The Morgan fingerprint density at radius 2 is 2.10 bits per heavy atom. The molecular formula is C14H13BrN2O4.